The van der Waals surface area contributed by atoms with Crippen LogP contribution in [0.2, 0.25) is 0 Å². The van der Waals surface area contributed by atoms with Gasteiger partial charge in [-0.1, -0.05) is 0 Å². The lowest BCUT2D eigenvalue weighted by Crippen LogP contribution is -2.61. The van der Waals surface area contributed by atoms with E-state index in [0.29, 0.717) is 0 Å². The molecular formula is C35H44O21. The van der Waals surface area contributed by atoms with Crippen LogP contribution in [0.4, 0.5) is 0 Å². The maximum absolute atomic E-state index is 14.6. The lowest BCUT2D eigenvalue weighted by Gasteiger charge is -2.42. The highest BCUT2D eigenvalue weighted by Crippen LogP contribution is 2.41. The second-order valence-corrected chi connectivity index (χ2v) is 13.4. The van der Waals surface area contributed by atoms with E-state index in [2.05, 4.69) is 0 Å². The van der Waals surface area contributed by atoms with Gasteiger partial charge in [0.15, 0.2) is 23.5 Å². The summed E-state index contributed by atoms with van der Waals surface area (Å²) in [7, 11) is 2.59. The van der Waals surface area contributed by atoms with Crippen molar-refractivity contribution in [3.8, 4) is 40.1 Å². The van der Waals surface area contributed by atoms with E-state index < -0.39 is 122 Å². The van der Waals surface area contributed by atoms with Crippen LogP contribution in [0.5, 0.6) is 28.7 Å². The van der Waals surface area contributed by atoms with Crippen molar-refractivity contribution in [1.29, 1.82) is 0 Å². The highest BCUT2D eigenvalue weighted by Gasteiger charge is 2.48. The summed E-state index contributed by atoms with van der Waals surface area (Å²) in [5.74, 6) is -1.77. The van der Waals surface area contributed by atoms with E-state index in [4.69, 9.17) is 42.3 Å². The molecule has 3 aliphatic rings. The molecule has 0 amide bonds. The molecule has 3 fully saturated rings. The second kappa shape index (κ2) is 16.9. The lowest BCUT2D eigenvalue weighted by molar-refractivity contribution is -0.318. The molecule has 0 radical (unpaired) electrons. The molecule has 21 heteroatoms. The Morgan fingerprint density at radius 2 is 1.27 bits per heavy atom. The van der Waals surface area contributed by atoms with Crippen LogP contribution in [0.15, 0.2) is 39.5 Å². The zero-order valence-electron chi connectivity index (χ0n) is 30.0. The van der Waals surface area contributed by atoms with Crippen LogP contribution in [0.25, 0.3) is 22.3 Å². The Hall–Kier alpha value is -3.91. The minimum Gasteiger partial charge on any atom is -0.504 e. The number of rotatable bonds is 11. The molecule has 0 bridgehead atoms. The largest absolute Gasteiger partial charge is 0.504 e. The third-order valence-electron chi connectivity index (χ3n) is 9.80. The SMILES string of the molecule is COc1cc(O[C@@H]2O[C@H](CO)[C@@H](O)[C@H](O)[C@H]2O)c2c(=O)c(O[C@@H]3O[C@H](CO[C@@H]4O[C@@H](C)[C@H](O)[C@@H](O)[C@H]4O)[C@@H](O)[C@H](O)[C@H]3O)c(-c3ccc(OC)c(O)c3)oc2c1. The molecule has 0 aliphatic carbocycles. The highest BCUT2D eigenvalue weighted by atomic mass is 16.7. The van der Waals surface area contributed by atoms with Crippen molar-refractivity contribution >= 4 is 11.0 Å². The summed E-state index contributed by atoms with van der Waals surface area (Å²) < 4.78 is 50.6. The topological polar surface area (TPSA) is 327 Å². The fourth-order valence-corrected chi connectivity index (χ4v) is 6.48. The summed E-state index contributed by atoms with van der Waals surface area (Å²) in [6, 6.07) is 6.37. The van der Waals surface area contributed by atoms with Crippen molar-refractivity contribution in [2.45, 2.75) is 99.0 Å². The molecule has 3 saturated heterocycles. The number of methoxy groups -OCH3 is 2. The molecule has 2 aromatic carbocycles. The molecule has 0 unspecified atom stereocenters. The maximum Gasteiger partial charge on any atom is 0.239 e. The summed E-state index contributed by atoms with van der Waals surface area (Å²) >= 11 is 0. The first-order chi connectivity index (χ1) is 26.6. The van der Waals surface area contributed by atoms with E-state index in [1.165, 1.54) is 45.4 Å². The average molecular weight is 801 g/mol. The van der Waals surface area contributed by atoms with Crippen molar-refractivity contribution in [2.75, 3.05) is 27.4 Å². The molecule has 11 N–H and O–H groups in total. The van der Waals surface area contributed by atoms with Crippen LogP contribution in [0.1, 0.15) is 6.92 Å². The number of aliphatic hydroxyl groups excluding tert-OH is 10. The normalized spacial score (nSPS) is 36.3. The number of benzene rings is 2. The first-order valence-electron chi connectivity index (χ1n) is 17.3. The molecule has 0 spiro atoms. The van der Waals surface area contributed by atoms with Gasteiger partial charge in [-0.2, -0.15) is 0 Å². The van der Waals surface area contributed by atoms with Crippen LogP contribution in [0, 0.1) is 0 Å². The fourth-order valence-electron chi connectivity index (χ4n) is 6.48. The Morgan fingerprint density at radius 1 is 0.661 bits per heavy atom. The molecule has 3 aromatic rings. The summed E-state index contributed by atoms with van der Waals surface area (Å²) in [5, 5.41) is 114. The standard InChI is InChI=1S/C35H44O21/c1-11-21(38)25(42)28(45)33(51-11)50-10-19-23(40)27(44)30(47)35(55-19)56-32-24(41)20-16(52-31(32)12-4-5-15(49-3)14(37)6-12)7-13(48-2)8-17(20)53-34-29(46)26(43)22(39)18(9-36)54-34/h4-8,11,18-19,21-23,25-30,33-40,42-47H,9-10H2,1-3H3/t11-,18+,19+,21-,22+,23+,25+,26-,27-,28+,29+,30+,33+,34+,35-/m0/s1. The maximum atomic E-state index is 14.6. The van der Waals surface area contributed by atoms with E-state index in [1.54, 1.807) is 0 Å². The van der Waals surface area contributed by atoms with Gasteiger partial charge >= 0.3 is 0 Å². The molecule has 6 rings (SSSR count). The summed E-state index contributed by atoms with van der Waals surface area (Å²) in [5.41, 5.74) is -1.25. The smallest absolute Gasteiger partial charge is 0.239 e. The molecule has 310 valence electrons. The third kappa shape index (κ3) is 7.84. The van der Waals surface area contributed by atoms with E-state index >= 15 is 0 Å². The third-order valence-corrected chi connectivity index (χ3v) is 9.80. The number of hydrogen-bond donors (Lipinski definition) is 11. The van der Waals surface area contributed by atoms with Crippen LogP contribution >= 0.6 is 0 Å². The van der Waals surface area contributed by atoms with Gasteiger partial charge in [0.2, 0.25) is 23.8 Å². The Labute approximate surface area is 316 Å². The van der Waals surface area contributed by atoms with Gasteiger partial charge in [0, 0.05) is 17.7 Å². The monoisotopic (exact) mass is 800 g/mol. The summed E-state index contributed by atoms with van der Waals surface area (Å²) in [6.45, 7) is -0.0150. The molecule has 15 atom stereocenters. The van der Waals surface area contributed by atoms with Crippen molar-refractivity contribution in [1.82, 2.24) is 0 Å². The Balaban J connectivity index is 1.41. The predicted octanol–water partition coefficient (Wildman–Crippen LogP) is -3.61. The van der Waals surface area contributed by atoms with Gasteiger partial charge in [0.1, 0.15) is 89.6 Å². The van der Waals surface area contributed by atoms with Gasteiger partial charge in [0.05, 0.1) is 33.5 Å². The molecular weight excluding hydrogens is 756 g/mol. The van der Waals surface area contributed by atoms with E-state index in [9.17, 15) is 61.0 Å². The molecule has 0 saturated carbocycles. The highest BCUT2D eigenvalue weighted by molar-refractivity contribution is 5.89. The fraction of sp³-hybridized carbons (Fsp3) is 0.571. The zero-order valence-corrected chi connectivity index (χ0v) is 30.0. The molecule has 1 aromatic heterocycles. The number of aliphatic hydroxyl groups is 10. The Bertz CT molecular complexity index is 1890. The quantitative estimate of drug-likeness (QED) is 0.0892. The van der Waals surface area contributed by atoms with Crippen LogP contribution in [-0.4, -0.2) is 176 Å². The molecule has 3 aliphatic heterocycles. The van der Waals surface area contributed by atoms with Crippen molar-refractivity contribution in [2.24, 2.45) is 0 Å². The van der Waals surface area contributed by atoms with Gasteiger partial charge in [-0.3, -0.25) is 4.79 Å². The van der Waals surface area contributed by atoms with Crippen molar-refractivity contribution in [3.63, 3.8) is 0 Å². The Kier molecular flexibility index (Phi) is 12.6. The summed E-state index contributed by atoms with van der Waals surface area (Å²) in [6.07, 6.45) is -25.3. The summed E-state index contributed by atoms with van der Waals surface area (Å²) in [4.78, 5) is 14.6. The van der Waals surface area contributed by atoms with Gasteiger partial charge in [-0.25, -0.2) is 0 Å². The second-order valence-electron chi connectivity index (χ2n) is 13.4. The van der Waals surface area contributed by atoms with E-state index in [-0.39, 0.29) is 39.9 Å². The van der Waals surface area contributed by atoms with Crippen molar-refractivity contribution < 1.29 is 98.5 Å². The van der Waals surface area contributed by atoms with E-state index in [1.807, 2.05) is 0 Å². The van der Waals surface area contributed by atoms with Crippen LogP contribution < -0.4 is 24.4 Å². The van der Waals surface area contributed by atoms with Gasteiger partial charge in [-0.05, 0) is 25.1 Å². The lowest BCUT2D eigenvalue weighted by atomic mass is 9.98. The minimum absolute atomic E-state index is 0.0144. The number of hydrogen-bond acceptors (Lipinski definition) is 21. The number of phenols is 1. The van der Waals surface area contributed by atoms with Gasteiger partial charge < -0.3 is 98.5 Å². The van der Waals surface area contributed by atoms with Crippen molar-refractivity contribution in [3.05, 3.63) is 40.6 Å². The number of aromatic hydroxyl groups is 1. The van der Waals surface area contributed by atoms with Gasteiger partial charge in [0.25, 0.3) is 0 Å². The molecule has 56 heavy (non-hydrogen) atoms. The Morgan fingerprint density at radius 3 is 1.89 bits per heavy atom. The average Bonchev–Trinajstić information content (AvgIpc) is 3.19. The zero-order chi connectivity index (χ0) is 40.7. The number of ether oxygens (including phenoxy) is 8. The van der Waals surface area contributed by atoms with Gasteiger partial charge in [-0.15, -0.1) is 0 Å². The number of fused-ring (bicyclic) bond motifs is 1. The predicted molar refractivity (Wildman–Crippen MR) is 183 cm³/mol. The molecule has 21 nitrogen and oxygen atoms in total. The first kappa shape index (κ1) is 41.7. The van der Waals surface area contributed by atoms with E-state index in [0.717, 1.165) is 6.07 Å². The number of phenolic OH excluding ortho intramolecular Hbond substituents is 1. The van der Waals surface area contributed by atoms with Crippen LogP contribution in [0.3, 0.4) is 0 Å². The van der Waals surface area contributed by atoms with Crippen LogP contribution in [-0.2, 0) is 18.9 Å². The molecule has 4 heterocycles. The minimum atomic E-state index is -2.04. The first-order valence-corrected chi connectivity index (χ1v) is 17.3.